The number of benzene rings is 2. The van der Waals surface area contributed by atoms with E-state index in [1.807, 2.05) is 55.5 Å². The molecule has 1 aliphatic rings. The molecule has 2 aromatic carbocycles. The van der Waals surface area contributed by atoms with Gasteiger partial charge in [0.15, 0.2) is 0 Å². The van der Waals surface area contributed by atoms with E-state index in [-0.39, 0.29) is 17.7 Å². The van der Waals surface area contributed by atoms with Gasteiger partial charge in [-0.2, -0.15) is 5.26 Å². The zero-order valence-corrected chi connectivity index (χ0v) is 18.4. The van der Waals surface area contributed by atoms with Crippen LogP contribution in [0.3, 0.4) is 0 Å². The summed E-state index contributed by atoms with van der Waals surface area (Å²) >= 11 is 1.36. The summed E-state index contributed by atoms with van der Waals surface area (Å²) in [6.07, 6.45) is 3.75. The number of nitrogens with one attached hydrogen (secondary N) is 1. The molecule has 0 aliphatic heterocycles. The molecule has 31 heavy (non-hydrogen) atoms. The number of carbonyl (C=O) groups excluding carboxylic acids is 1. The summed E-state index contributed by atoms with van der Waals surface area (Å²) in [4.78, 5) is 17.6. The maximum Gasteiger partial charge on any atom is 0.230 e. The Labute approximate surface area is 187 Å². The van der Waals surface area contributed by atoms with E-state index < -0.39 is 0 Å². The van der Waals surface area contributed by atoms with Crippen LogP contribution in [0.5, 0.6) is 0 Å². The fourth-order valence-electron chi connectivity index (χ4n) is 4.14. The minimum atomic E-state index is -0.109. The fraction of sp³-hybridized carbons (Fsp3) is 0.269. The number of nitriles is 1. The average Bonchev–Trinajstić information content (AvgIpc) is 3.28. The molecule has 1 amide bonds. The maximum atomic E-state index is 12.9. The Bertz CT molecular complexity index is 1110. The smallest absolute Gasteiger partial charge is 0.230 e. The number of pyridine rings is 1. The standard InChI is InChI=1S/C26H25N3OS/c1-18-21-13-8-14-23(21)29-26(22(18)16-27)31-17-25(30)28-24(20-11-6-3-7-12-20)15-19-9-4-2-5-10-19/h2-7,9-12,24H,8,13-15,17H2,1H3,(H,28,30). The second-order valence-electron chi connectivity index (χ2n) is 7.82. The van der Waals surface area contributed by atoms with E-state index in [0.717, 1.165) is 42.5 Å². The van der Waals surface area contributed by atoms with Gasteiger partial charge in [-0.1, -0.05) is 72.4 Å². The van der Waals surface area contributed by atoms with Crippen LogP contribution >= 0.6 is 11.8 Å². The van der Waals surface area contributed by atoms with Gasteiger partial charge in [0.25, 0.3) is 0 Å². The molecule has 0 saturated heterocycles. The van der Waals surface area contributed by atoms with E-state index in [0.29, 0.717) is 10.6 Å². The molecule has 1 N–H and O–H groups in total. The van der Waals surface area contributed by atoms with E-state index in [2.05, 4.69) is 23.5 Å². The Hall–Kier alpha value is -3.10. The van der Waals surface area contributed by atoms with Crippen LogP contribution < -0.4 is 5.32 Å². The molecular weight excluding hydrogens is 402 g/mol. The summed E-state index contributed by atoms with van der Waals surface area (Å²) in [5.41, 5.74) is 6.20. The van der Waals surface area contributed by atoms with Crippen molar-refractivity contribution in [1.29, 1.82) is 5.26 Å². The lowest BCUT2D eigenvalue weighted by molar-refractivity contribution is -0.119. The van der Waals surface area contributed by atoms with Crippen molar-refractivity contribution in [3.8, 4) is 6.07 Å². The summed E-state index contributed by atoms with van der Waals surface area (Å²) in [6.45, 7) is 2.00. The molecule has 3 aromatic rings. The van der Waals surface area contributed by atoms with Gasteiger partial charge in [-0.05, 0) is 54.9 Å². The van der Waals surface area contributed by atoms with Crippen LogP contribution in [0.25, 0.3) is 0 Å². The summed E-state index contributed by atoms with van der Waals surface area (Å²) in [6, 6.07) is 22.4. The van der Waals surface area contributed by atoms with E-state index in [4.69, 9.17) is 4.98 Å². The minimum absolute atomic E-state index is 0.0568. The molecule has 0 radical (unpaired) electrons. The van der Waals surface area contributed by atoms with Crippen molar-refractivity contribution in [3.05, 3.63) is 94.2 Å². The van der Waals surface area contributed by atoms with Gasteiger partial charge in [-0.3, -0.25) is 4.79 Å². The highest BCUT2D eigenvalue weighted by atomic mass is 32.2. The molecule has 5 heteroatoms. The molecule has 0 fully saturated rings. The molecule has 1 aromatic heterocycles. The van der Waals surface area contributed by atoms with Crippen LogP contribution in [-0.2, 0) is 24.1 Å². The van der Waals surface area contributed by atoms with E-state index in [1.54, 1.807) is 0 Å². The molecule has 1 aliphatic carbocycles. The van der Waals surface area contributed by atoms with Crippen molar-refractivity contribution in [2.45, 2.75) is 43.7 Å². The Morgan fingerprint density at radius 2 is 1.84 bits per heavy atom. The zero-order chi connectivity index (χ0) is 21.6. The van der Waals surface area contributed by atoms with Crippen LogP contribution in [0.2, 0.25) is 0 Å². The number of hydrogen-bond donors (Lipinski definition) is 1. The summed E-state index contributed by atoms with van der Waals surface area (Å²) < 4.78 is 0. The normalized spacial score (nSPS) is 13.3. The van der Waals surface area contributed by atoms with E-state index in [1.165, 1.54) is 22.9 Å². The van der Waals surface area contributed by atoms with Gasteiger partial charge in [0.05, 0.1) is 17.4 Å². The third-order valence-corrected chi connectivity index (χ3v) is 6.71. The van der Waals surface area contributed by atoms with Crippen molar-refractivity contribution in [1.82, 2.24) is 10.3 Å². The Kier molecular flexibility index (Phi) is 6.69. The molecule has 1 unspecified atom stereocenters. The number of thioether (sulfide) groups is 1. The van der Waals surface area contributed by atoms with Gasteiger partial charge in [0.2, 0.25) is 5.91 Å². The first-order valence-corrected chi connectivity index (χ1v) is 11.6. The molecule has 1 atom stereocenters. The number of nitrogens with zero attached hydrogens (tertiary/aromatic N) is 2. The molecule has 0 bridgehead atoms. The number of carbonyl (C=O) groups is 1. The first kappa shape index (κ1) is 21.1. The fourth-order valence-corrected chi connectivity index (χ4v) is 5.01. The summed E-state index contributed by atoms with van der Waals surface area (Å²) in [7, 11) is 0. The zero-order valence-electron chi connectivity index (χ0n) is 17.6. The topological polar surface area (TPSA) is 65.8 Å². The monoisotopic (exact) mass is 427 g/mol. The maximum absolute atomic E-state index is 12.9. The van der Waals surface area contributed by atoms with Crippen molar-refractivity contribution < 1.29 is 4.79 Å². The predicted molar refractivity (Wildman–Crippen MR) is 124 cm³/mol. The quantitative estimate of drug-likeness (QED) is 0.542. The average molecular weight is 428 g/mol. The third-order valence-electron chi connectivity index (χ3n) is 5.74. The lowest BCUT2D eigenvalue weighted by Crippen LogP contribution is -2.31. The Morgan fingerprint density at radius 3 is 2.55 bits per heavy atom. The van der Waals surface area contributed by atoms with Crippen molar-refractivity contribution in [3.63, 3.8) is 0 Å². The van der Waals surface area contributed by atoms with Crippen LogP contribution in [0.1, 0.15) is 46.0 Å². The number of hydrogen-bond acceptors (Lipinski definition) is 4. The summed E-state index contributed by atoms with van der Waals surface area (Å²) in [5, 5.41) is 13.5. The van der Waals surface area contributed by atoms with Gasteiger partial charge < -0.3 is 5.32 Å². The van der Waals surface area contributed by atoms with Crippen LogP contribution in [0.15, 0.2) is 65.7 Å². The SMILES string of the molecule is Cc1c(C#N)c(SCC(=O)NC(Cc2ccccc2)c2ccccc2)nc2c1CCC2. The van der Waals surface area contributed by atoms with Crippen molar-refractivity contribution in [2.24, 2.45) is 0 Å². The lowest BCUT2D eigenvalue weighted by atomic mass is 9.99. The Morgan fingerprint density at radius 1 is 1.13 bits per heavy atom. The molecule has 4 rings (SSSR count). The first-order chi connectivity index (χ1) is 15.2. The predicted octanol–water partition coefficient (Wildman–Crippen LogP) is 4.94. The van der Waals surface area contributed by atoms with Crippen LogP contribution in [-0.4, -0.2) is 16.6 Å². The molecule has 4 nitrogen and oxygen atoms in total. The van der Waals surface area contributed by atoms with E-state index >= 15 is 0 Å². The van der Waals surface area contributed by atoms with E-state index in [9.17, 15) is 10.1 Å². The second kappa shape index (κ2) is 9.80. The highest BCUT2D eigenvalue weighted by Gasteiger charge is 2.22. The molecule has 1 heterocycles. The molecular formula is C26H25N3OS. The largest absolute Gasteiger partial charge is 0.348 e. The van der Waals surface area contributed by atoms with Gasteiger partial charge in [-0.25, -0.2) is 4.98 Å². The highest BCUT2D eigenvalue weighted by Crippen LogP contribution is 2.31. The van der Waals surface area contributed by atoms with Gasteiger partial charge in [0.1, 0.15) is 11.1 Å². The van der Waals surface area contributed by atoms with Gasteiger partial charge >= 0.3 is 0 Å². The van der Waals surface area contributed by atoms with Crippen molar-refractivity contribution >= 4 is 17.7 Å². The Balaban J connectivity index is 1.48. The number of aromatic nitrogens is 1. The highest BCUT2D eigenvalue weighted by molar-refractivity contribution is 8.00. The molecule has 0 spiro atoms. The first-order valence-electron chi connectivity index (χ1n) is 10.6. The molecule has 0 saturated carbocycles. The third kappa shape index (κ3) is 4.98. The second-order valence-corrected chi connectivity index (χ2v) is 8.78. The number of rotatable bonds is 7. The van der Waals surface area contributed by atoms with Gasteiger partial charge in [0, 0.05) is 5.69 Å². The number of aryl methyl sites for hydroxylation is 1. The lowest BCUT2D eigenvalue weighted by Gasteiger charge is -2.20. The van der Waals surface area contributed by atoms with Crippen molar-refractivity contribution in [2.75, 3.05) is 5.75 Å². The number of fused-ring (bicyclic) bond motifs is 1. The molecule has 156 valence electrons. The van der Waals surface area contributed by atoms with Gasteiger partial charge in [-0.15, -0.1) is 0 Å². The van der Waals surface area contributed by atoms with Crippen LogP contribution in [0.4, 0.5) is 0 Å². The summed E-state index contributed by atoms with van der Waals surface area (Å²) in [5.74, 6) is 0.177. The minimum Gasteiger partial charge on any atom is -0.348 e. The van der Waals surface area contributed by atoms with Crippen LogP contribution in [0, 0.1) is 18.3 Å². The number of amides is 1.